The Balaban J connectivity index is 1.47. The van der Waals surface area contributed by atoms with Gasteiger partial charge in [-0.25, -0.2) is 9.97 Å². The molecular formula is C19H12F3N3O2. The van der Waals surface area contributed by atoms with Gasteiger partial charge < -0.3 is 14.5 Å². The summed E-state index contributed by atoms with van der Waals surface area (Å²) in [4.78, 5) is 8.24. The van der Waals surface area contributed by atoms with Crippen molar-refractivity contribution in [3.63, 3.8) is 0 Å². The van der Waals surface area contributed by atoms with Crippen LogP contribution >= 0.6 is 0 Å². The van der Waals surface area contributed by atoms with Gasteiger partial charge in [-0.05, 0) is 48.5 Å². The summed E-state index contributed by atoms with van der Waals surface area (Å²) in [6.07, 6.45) is -1.40. The van der Waals surface area contributed by atoms with Crippen molar-refractivity contribution in [2.75, 3.05) is 5.32 Å². The topological polar surface area (TPSA) is 60.2 Å². The maximum Gasteiger partial charge on any atom is 0.416 e. The maximum absolute atomic E-state index is 12.6. The number of fused-ring (bicyclic) bond motifs is 1. The highest BCUT2D eigenvalue weighted by atomic mass is 19.4. The second-order valence-electron chi connectivity index (χ2n) is 5.63. The molecule has 0 spiro atoms. The Morgan fingerprint density at radius 1 is 0.852 bits per heavy atom. The van der Waals surface area contributed by atoms with Gasteiger partial charge in [0.2, 0.25) is 0 Å². The van der Waals surface area contributed by atoms with Crippen LogP contribution in [-0.2, 0) is 6.18 Å². The highest BCUT2D eigenvalue weighted by Crippen LogP contribution is 2.32. The average Bonchev–Trinajstić information content (AvgIpc) is 3.13. The van der Waals surface area contributed by atoms with E-state index in [2.05, 4.69) is 15.3 Å². The number of ether oxygens (including phenoxy) is 1. The molecule has 2 heterocycles. The summed E-state index contributed by atoms with van der Waals surface area (Å²) >= 11 is 0. The standard InChI is InChI=1S/C19H12F3N3O2/c20-19(21,22)12-1-5-14(6-2-12)27-15-7-3-13(4-8-15)25-18-17-16(9-10-26-17)23-11-24-18/h1-11H,(H,23,24,25). The lowest BCUT2D eigenvalue weighted by molar-refractivity contribution is -0.137. The molecule has 0 bridgehead atoms. The summed E-state index contributed by atoms with van der Waals surface area (Å²) in [6, 6.07) is 13.2. The van der Waals surface area contributed by atoms with Gasteiger partial charge in [-0.2, -0.15) is 13.2 Å². The van der Waals surface area contributed by atoms with Crippen LogP contribution in [0, 0.1) is 0 Å². The second kappa shape index (κ2) is 6.64. The van der Waals surface area contributed by atoms with E-state index < -0.39 is 11.7 Å². The molecule has 2 aromatic heterocycles. The van der Waals surface area contributed by atoms with Gasteiger partial charge in [0.1, 0.15) is 23.3 Å². The summed E-state index contributed by atoms with van der Waals surface area (Å²) in [5, 5.41) is 3.12. The van der Waals surface area contributed by atoms with Crippen molar-refractivity contribution in [2.45, 2.75) is 6.18 Å². The van der Waals surface area contributed by atoms with Crippen molar-refractivity contribution in [2.24, 2.45) is 0 Å². The highest BCUT2D eigenvalue weighted by molar-refractivity contribution is 5.85. The second-order valence-corrected chi connectivity index (χ2v) is 5.63. The monoisotopic (exact) mass is 371 g/mol. The Morgan fingerprint density at radius 2 is 1.52 bits per heavy atom. The number of halogens is 3. The minimum Gasteiger partial charge on any atom is -0.459 e. The zero-order valence-electron chi connectivity index (χ0n) is 13.7. The van der Waals surface area contributed by atoms with Crippen molar-refractivity contribution < 1.29 is 22.3 Å². The van der Waals surface area contributed by atoms with Gasteiger partial charge in [-0.15, -0.1) is 0 Å². The van der Waals surface area contributed by atoms with Crippen LogP contribution in [0.3, 0.4) is 0 Å². The minimum absolute atomic E-state index is 0.316. The van der Waals surface area contributed by atoms with E-state index in [1.165, 1.54) is 24.7 Å². The van der Waals surface area contributed by atoms with E-state index in [4.69, 9.17) is 9.15 Å². The maximum atomic E-state index is 12.6. The molecule has 2 aromatic carbocycles. The number of nitrogens with one attached hydrogen (secondary N) is 1. The first kappa shape index (κ1) is 16.9. The van der Waals surface area contributed by atoms with Crippen molar-refractivity contribution in [3.8, 4) is 11.5 Å². The first-order valence-electron chi connectivity index (χ1n) is 7.89. The Morgan fingerprint density at radius 3 is 2.19 bits per heavy atom. The van der Waals surface area contributed by atoms with Crippen LogP contribution in [0.2, 0.25) is 0 Å². The fourth-order valence-corrected chi connectivity index (χ4v) is 2.47. The summed E-state index contributed by atoms with van der Waals surface area (Å²) in [5.74, 6) is 1.34. The third kappa shape index (κ3) is 3.69. The van der Waals surface area contributed by atoms with Crippen LogP contribution in [0.1, 0.15) is 5.56 Å². The first-order chi connectivity index (χ1) is 13.0. The van der Waals surface area contributed by atoms with Crippen molar-refractivity contribution in [1.82, 2.24) is 9.97 Å². The molecule has 0 saturated heterocycles. The fourth-order valence-electron chi connectivity index (χ4n) is 2.47. The number of benzene rings is 2. The van der Waals surface area contributed by atoms with E-state index in [1.54, 1.807) is 30.3 Å². The van der Waals surface area contributed by atoms with E-state index in [9.17, 15) is 13.2 Å². The van der Waals surface area contributed by atoms with Crippen molar-refractivity contribution in [1.29, 1.82) is 0 Å². The molecule has 8 heteroatoms. The third-order valence-electron chi connectivity index (χ3n) is 3.78. The average molecular weight is 371 g/mol. The molecule has 4 rings (SSSR count). The number of hydrogen-bond acceptors (Lipinski definition) is 5. The predicted molar refractivity (Wildman–Crippen MR) is 93.0 cm³/mol. The molecule has 0 atom stereocenters. The molecule has 0 saturated carbocycles. The molecule has 0 amide bonds. The van der Waals surface area contributed by atoms with E-state index in [-0.39, 0.29) is 0 Å². The molecular weight excluding hydrogens is 359 g/mol. The van der Waals surface area contributed by atoms with E-state index in [1.807, 2.05) is 0 Å². The predicted octanol–water partition coefficient (Wildman–Crippen LogP) is 5.78. The Kier molecular flexibility index (Phi) is 4.15. The molecule has 5 nitrogen and oxygen atoms in total. The largest absolute Gasteiger partial charge is 0.459 e. The van der Waals surface area contributed by atoms with E-state index in [0.717, 1.165) is 17.8 Å². The molecule has 0 aliphatic heterocycles. The number of alkyl halides is 3. The summed E-state index contributed by atoms with van der Waals surface area (Å²) in [6.45, 7) is 0. The minimum atomic E-state index is -4.37. The molecule has 0 radical (unpaired) electrons. The molecule has 27 heavy (non-hydrogen) atoms. The molecule has 0 aliphatic rings. The number of furan rings is 1. The number of anilines is 2. The zero-order valence-corrected chi connectivity index (χ0v) is 13.7. The van der Waals surface area contributed by atoms with Gasteiger partial charge in [-0.3, -0.25) is 0 Å². The molecule has 1 N–H and O–H groups in total. The highest BCUT2D eigenvalue weighted by Gasteiger charge is 2.30. The molecule has 0 fully saturated rings. The zero-order chi connectivity index (χ0) is 18.9. The molecule has 0 unspecified atom stereocenters. The fraction of sp³-hybridized carbons (Fsp3) is 0.0526. The van der Waals surface area contributed by atoms with Crippen LogP contribution in [0.4, 0.5) is 24.7 Å². The summed E-state index contributed by atoms with van der Waals surface area (Å²) < 4.78 is 48.7. The first-order valence-corrected chi connectivity index (χ1v) is 7.89. The van der Waals surface area contributed by atoms with Gasteiger partial charge >= 0.3 is 6.18 Å². The number of rotatable bonds is 4. The van der Waals surface area contributed by atoms with Crippen LogP contribution in [0.5, 0.6) is 11.5 Å². The lowest BCUT2D eigenvalue weighted by Crippen LogP contribution is -2.03. The van der Waals surface area contributed by atoms with Crippen molar-refractivity contribution >= 4 is 22.6 Å². The molecule has 136 valence electrons. The lowest BCUT2D eigenvalue weighted by atomic mass is 10.2. The van der Waals surface area contributed by atoms with Gasteiger partial charge in [0, 0.05) is 11.8 Å². The third-order valence-corrected chi connectivity index (χ3v) is 3.78. The van der Waals surface area contributed by atoms with Crippen LogP contribution < -0.4 is 10.1 Å². The molecule has 0 aliphatic carbocycles. The molecule has 4 aromatic rings. The Labute approximate surface area is 151 Å². The van der Waals surface area contributed by atoms with Crippen LogP contribution in [0.25, 0.3) is 11.1 Å². The summed E-state index contributed by atoms with van der Waals surface area (Å²) in [7, 11) is 0. The van der Waals surface area contributed by atoms with Crippen LogP contribution in [-0.4, -0.2) is 9.97 Å². The number of aromatic nitrogens is 2. The lowest BCUT2D eigenvalue weighted by Gasteiger charge is -2.10. The van der Waals surface area contributed by atoms with Gasteiger partial charge in [0.25, 0.3) is 0 Å². The van der Waals surface area contributed by atoms with Gasteiger partial charge in [0.05, 0.1) is 11.8 Å². The van der Waals surface area contributed by atoms with Gasteiger partial charge in [-0.1, -0.05) is 0 Å². The quantitative estimate of drug-likeness (QED) is 0.493. The SMILES string of the molecule is FC(F)(F)c1ccc(Oc2ccc(Nc3ncnc4ccoc34)cc2)cc1. The van der Waals surface area contributed by atoms with E-state index >= 15 is 0 Å². The van der Waals surface area contributed by atoms with Crippen LogP contribution in [0.15, 0.2) is 71.6 Å². The van der Waals surface area contributed by atoms with Crippen molar-refractivity contribution in [3.05, 3.63) is 72.8 Å². The number of hydrogen-bond donors (Lipinski definition) is 1. The summed E-state index contributed by atoms with van der Waals surface area (Å²) in [5.41, 5.74) is 1.26. The van der Waals surface area contributed by atoms with E-state index in [0.29, 0.717) is 28.4 Å². The smallest absolute Gasteiger partial charge is 0.416 e. The Hall–Kier alpha value is -3.55. The Bertz CT molecular complexity index is 1060. The number of nitrogens with zero attached hydrogens (tertiary/aromatic N) is 2. The normalized spacial score (nSPS) is 11.5. The van der Waals surface area contributed by atoms with Gasteiger partial charge in [0.15, 0.2) is 11.4 Å².